The Morgan fingerprint density at radius 2 is 2.05 bits per heavy atom. The number of aliphatic hydroxyl groups is 1. The molecular formula is C14H22N2O4. The molecule has 6 heteroatoms. The minimum absolute atomic E-state index is 0.173. The first-order valence-corrected chi connectivity index (χ1v) is 6.70. The fourth-order valence-electron chi connectivity index (χ4n) is 1.83. The summed E-state index contributed by atoms with van der Waals surface area (Å²) in [6.07, 6.45) is 1.63. The number of carbonyl (C=O) groups excluding carboxylic acids is 2. The molecule has 3 unspecified atom stereocenters. The van der Waals surface area contributed by atoms with Crippen LogP contribution < -0.4 is 10.6 Å². The standard InChI is InChI=1S/C14H22N2O4/c1-9(7-10(2)17)8-15-13(18)11(3)16-14(19)12-5-4-6-20-12/h4-6,9-11,17H,7-8H2,1-3H3,(H,15,18)(H,16,19). The van der Waals surface area contributed by atoms with Crippen molar-refractivity contribution in [2.75, 3.05) is 6.54 Å². The molecule has 0 aliphatic rings. The lowest BCUT2D eigenvalue weighted by Gasteiger charge is -2.17. The van der Waals surface area contributed by atoms with Crippen molar-refractivity contribution in [2.24, 2.45) is 5.92 Å². The molecule has 1 aromatic heterocycles. The number of carbonyl (C=O) groups is 2. The molecule has 3 atom stereocenters. The predicted molar refractivity (Wildman–Crippen MR) is 74.1 cm³/mol. The second-order valence-corrected chi connectivity index (χ2v) is 5.11. The first-order chi connectivity index (χ1) is 9.40. The van der Waals surface area contributed by atoms with Crippen LogP contribution in [0.25, 0.3) is 0 Å². The molecule has 1 heterocycles. The Morgan fingerprint density at radius 3 is 2.60 bits per heavy atom. The Hall–Kier alpha value is -1.82. The third-order valence-corrected chi connectivity index (χ3v) is 2.85. The van der Waals surface area contributed by atoms with Crippen LogP contribution in [0.3, 0.4) is 0 Å². The maximum absolute atomic E-state index is 11.8. The van der Waals surface area contributed by atoms with E-state index >= 15 is 0 Å². The minimum Gasteiger partial charge on any atom is -0.459 e. The summed E-state index contributed by atoms with van der Waals surface area (Å²) in [5.41, 5.74) is 0. The lowest BCUT2D eigenvalue weighted by Crippen LogP contribution is -2.45. The molecule has 1 aromatic rings. The van der Waals surface area contributed by atoms with Gasteiger partial charge in [-0.3, -0.25) is 9.59 Å². The minimum atomic E-state index is -0.647. The van der Waals surface area contributed by atoms with Gasteiger partial charge in [-0.25, -0.2) is 0 Å². The number of hydrogen-bond donors (Lipinski definition) is 3. The van der Waals surface area contributed by atoms with Crippen LogP contribution in [0.4, 0.5) is 0 Å². The monoisotopic (exact) mass is 282 g/mol. The van der Waals surface area contributed by atoms with E-state index in [2.05, 4.69) is 10.6 Å². The smallest absolute Gasteiger partial charge is 0.287 e. The molecule has 0 aliphatic carbocycles. The zero-order valence-electron chi connectivity index (χ0n) is 12.1. The third kappa shape index (κ3) is 5.44. The Morgan fingerprint density at radius 1 is 1.35 bits per heavy atom. The zero-order chi connectivity index (χ0) is 15.1. The van der Waals surface area contributed by atoms with Gasteiger partial charge in [0.05, 0.1) is 12.4 Å². The summed E-state index contributed by atoms with van der Waals surface area (Å²) in [5.74, 6) is -0.337. The van der Waals surface area contributed by atoms with Gasteiger partial charge in [0.2, 0.25) is 5.91 Å². The van der Waals surface area contributed by atoms with Crippen LogP contribution in [0.5, 0.6) is 0 Å². The summed E-state index contributed by atoms with van der Waals surface area (Å²) in [4.78, 5) is 23.5. The van der Waals surface area contributed by atoms with Crippen molar-refractivity contribution in [1.29, 1.82) is 0 Å². The fourth-order valence-corrected chi connectivity index (χ4v) is 1.83. The largest absolute Gasteiger partial charge is 0.459 e. The van der Waals surface area contributed by atoms with Gasteiger partial charge in [-0.1, -0.05) is 6.92 Å². The summed E-state index contributed by atoms with van der Waals surface area (Å²) < 4.78 is 4.95. The molecule has 1 rings (SSSR count). The van der Waals surface area contributed by atoms with Crippen molar-refractivity contribution in [3.05, 3.63) is 24.2 Å². The van der Waals surface area contributed by atoms with E-state index in [1.54, 1.807) is 19.9 Å². The normalized spacial score (nSPS) is 15.2. The van der Waals surface area contributed by atoms with Gasteiger partial charge in [-0.15, -0.1) is 0 Å². The maximum Gasteiger partial charge on any atom is 0.287 e. The highest BCUT2D eigenvalue weighted by Crippen LogP contribution is 2.04. The molecule has 3 N–H and O–H groups in total. The van der Waals surface area contributed by atoms with Crippen LogP contribution in [0.15, 0.2) is 22.8 Å². The van der Waals surface area contributed by atoms with E-state index in [4.69, 9.17) is 4.42 Å². The van der Waals surface area contributed by atoms with Crippen molar-refractivity contribution in [1.82, 2.24) is 10.6 Å². The first kappa shape index (κ1) is 16.2. The Balaban J connectivity index is 2.34. The van der Waals surface area contributed by atoms with Gasteiger partial charge in [0, 0.05) is 6.54 Å². The van der Waals surface area contributed by atoms with E-state index in [1.165, 1.54) is 12.3 Å². The van der Waals surface area contributed by atoms with E-state index in [0.717, 1.165) is 0 Å². The molecule has 6 nitrogen and oxygen atoms in total. The van der Waals surface area contributed by atoms with Crippen molar-refractivity contribution >= 4 is 11.8 Å². The number of amides is 2. The molecule has 0 saturated carbocycles. The molecule has 20 heavy (non-hydrogen) atoms. The number of nitrogens with one attached hydrogen (secondary N) is 2. The molecule has 0 bridgehead atoms. The highest BCUT2D eigenvalue weighted by atomic mass is 16.3. The first-order valence-electron chi connectivity index (χ1n) is 6.70. The van der Waals surface area contributed by atoms with Gasteiger partial charge in [0.25, 0.3) is 5.91 Å². The molecule has 112 valence electrons. The second kappa shape index (κ2) is 7.69. The van der Waals surface area contributed by atoms with Gasteiger partial charge in [0.15, 0.2) is 5.76 Å². The van der Waals surface area contributed by atoms with Gasteiger partial charge >= 0.3 is 0 Å². The van der Waals surface area contributed by atoms with Crippen molar-refractivity contribution < 1.29 is 19.1 Å². The highest BCUT2D eigenvalue weighted by molar-refractivity contribution is 5.95. The van der Waals surface area contributed by atoms with Crippen molar-refractivity contribution in [2.45, 2.75) is 39.3 Å². The summed E-state index contributed by atoms with van der Waals surface area (Å²) in [7, 11) is 0. The summed E-state index contributed by atoms with van der Waals surface area (Å²) >= 11 is 0. The van der Waals surface area contributed by atoms with Crippen LogP contribution in [-0.4, -0.2) is 35.6 Å². The Labute approximate surface area is 118 Å². The number of rotatable bonds is 7. The van der Waals surface area contributed by atoms with Crippen molar-refractivity contribution in [3.63, 3.8) is 0 Å². The summed E-state index contributed by atoms with van der Waals surface area (Å²) in [6, 6.07) is 2.49. The molecule has 0 radical (unpaired) electrons. The summed E-state index contributed by atoms with van der Waals surface area (Å²) in [6.45, 7) is 5.73. The Bertz CT molecular complexity index is 428. The molecule has 0 aromatic carbocycles. The lowest BCUT2D eigenvalue weighted by atomic mass is 10.0. The lowest BCUT2D eigenvalue weighted by molar-refractivity contribution is -0.122. The van der Waals surface area contributed by atoms with Crippen molar-refractivity contribution in [3.8, 4) is 0 Å². The number of aliphatic hydroxyl groups excluding tert-OH is 1. The third-order valence-electron chi connectivity index (χ3n) is 2.85. The van der Waals surface area contributed by atoms with E-state index in [0.29, 0.717) is 13.0 Å². The van der Waals surface area contributed by atoms with E-state index in [-0.39, 0.29) is 17.6 Å². The zero-order valence-corrected chi connectivity index (χ0v) is 12.1. The number of furan rings is 1. The molecular weight excluding hydrogens is 260 g/mol. The van der Waals surface area contributed by atoms with Crippen LogP contribution >= 0.6 is 0 Å². The fraction of sp³-hybridized carbons (Fsp3) is 0.571. The molecule has 2 amide bonds. The van der Waals surface area contributed by atoms with Gasteiger partial charge < -0.3 is 20.2 Å². The van der Waals surface area contributed by atoms with E-state index < -0.39 is 18.1 Å². The van der Waals surface area contributed by atoms with Crippen LogP contribution in [-0.2, 0) is 4.79 Å². The van der Waals surface area contributed by atoms with Gasteiger partial charge in [-0.05, 0) is 38.3 Å². The van der Waals surface area contributed by atoms with Crippen LogP contribution in [0.1, 0.15) is 37.7 Å². The average Bonchev–Trinajstić information content (AvgIpc) is 2.88. The van der Waals surface area contributed by atoms with Gasteiger partial charge in [0.1, 0.15) is 6.04 Å². The van der Waals surface area contributed by atoms with Gasteiger partial charge in [-0.2, -0.15) is 0 Å². The maximum atomic E-state index is 11.8. The number of hydrogen-bond acceptors (Lipinski definition) is 4. The molecule has 0 saturated heterocycles. The molecule has 0 spiro atoms. The summed E-state index contributed by atoms with van der Waals surface area (Å²) in [5, 5.41) is 14.5. The SMILES string of the molecule is CC(O)CC(C)CNC(=O)C(C)NC(=O)c1ccco1. The van der Waals surface area contributed by atoms with Crippen LogP contribution in [0.2, 0.25) is 0 Å². The quantitative estimate of drug-likeness (QED) is 0.693. The van der Waals surface area contributed by atoms with Crippen LogP contribution in [0, 0.1) is 5.92 Å². The van der Waals surface area contributed by atoms with E-state index in [9.17, 15) is 14.7 Å². The molecule has 0 fully saturated rings. The Kier molecular flexibility index (Phi) is 6.24. The average molecular weight is 282 g/mol. The topological polar surface area (TPSA) is 91.6 Å². The second-order valence-electron chi connectivity index (χ2n) is 5.11. The predicted octanol–water partition coefficient (Wildman–Crippen LogP) is 0.921. The van der Waals surface area contributed by atoms with E-state index in [1.807, 2.05) is 6.92 Å². The molecule has 0 aliphatic heterocycles. The highest BCUT2D eigenvalue weighted by Gasteiger charge is 2.18.